The van der Waals surface area contributed by atoms with Gasteiger partial charge in [0.1, 0.15) is 0 Å². The highest BCUT2D eigenvalue weighted by molar-refractivity contribution is 5.88. The highest BCUT2D eigenvalue weighted by Crippen LogP contribution is 2.18. The van der Waals surface area contributed by atoms with Gasteiger partial charge in [-0.2, -0.15) is 0 Å². The van der Waals surface area contributed by atoms with Gasteiger partial charge in [0.25, 0.3) is 0 Å². The number of rotatable bonds is 4. The molecule has 0 aromatic heterocycles. The Morgan fingerprint density at radius 2 is 2.00 bits per heavy atom. The zero-order chi connectivity index (χ0) is 8.97. The summed E-state index contributed by atoms with van der Waals surface area (Å²) in [5, 5.41) is 2.94. The summed E-state index contributed by atoms with van der Waals surface area (Å²) in [5.41, 5.74) is 1.23. The van der Waals surface area contributed by atoms with Gasteiger partial charge in [-0.25, -0.2) is 0 Å². The van der Waals surface area contributed by atoms with Crippen LogP contribution in [0.3, 0.4) is 0 Å². The maximum atomic E-state index is 11.2. The molecule has 1 aliphatic carbocycles. The Kier molecular flexibility index (Phi) is 3.32. The Morgan fingerprint density at radius 3 is 2.42 bits per heavy atom. The first kappa shape index (κ1) is 9.30. The molecule has 0 bridgehead atoms. The van der Waals surface area contributed by atoms with Gasteiger partial charge in [0.15, 0.2) is 0 Å². The molecule has 1 fully saturated rings. The second kappa shape index (κ2) is 4.29. The van der Waals surface area contributed by atoms with Crippen LogP contribution in [-0.4, -0.2) is 11.9 Å². The van der Waals surface area contributed by atoms with Gasteiger partial charge < -0.3 is 5.32 Å². The fourth-order valence-corrected chi connectivity index (χ4v) is 1.11. The van der Waals surface area contributed by atoms with Gasteiger partial charge in [-0.1, -0.05) is 19.4 Å². The van der Waals surface area contributed by atoms with Gasteiger partial charge in [-0.05, 0) is 25.7 Å². The van der Waals surface area contributed by atoms with Gasteiger partial charge in [0, 0.05) is 12.1 Å². The van der Waals surface area contributed by atoms with Crippen LogP contribution >= 0.6 is 0 Å². The second-order valence-corrected chi connectivity index (χ2v) is 3.29. The van der Waals surface area contributed by atoms with E-state index in [1.54, 1.807) is 6.08 Å². The number of carbonyl (C=O) groups is 1. The van der Waals surface area contributed by atoms with Gasteiger partial charge in [0.2, 0.25) is 5.91 Å². The monoisotopic (exact) mass is 167 g/mol. The van der Waals surface area contributed by atoms with Gasteiger partial charge in [-0.15, -0.1) is 0 Å². The molecule has 0 spiro atoms. The van der Waals surface area contributed by atoms with Crippen molar-refractivity contribution in [1.82, 2.24) is 5.32 Å². The molecule has 0 aromatic rings. The van der Waals surface area contributed by atoms with Crippen LogP contribution in [0.2, 0.25) is 0 Å². The number of nitrogens with one attached hydrogen (secondary N) is 1. The first-order chi connectivity index (χ1) is 5.76. The standard InChI is InChI=1S/C10H17NO/c1-3-8(4-2)7-10(12)11-9-5-6-9/h7,9H,3-6H2,1-2H3,(H,11,12). The van der Waals surface area contributed by atoms with Crippen molar-refractivity contribution in [2.75, 3.05) is 0 Å². The normalized spacial score (nSPS) is 15.5. The van der Waals surface area contributed by atoms with Crippen molar-refractivity contribution in [1.29, 1.82) is 0 Å². The summed E-state index contributed by atoms with van der Waals surface area (Å²) < 4.78 is 0. The van der Waals surface area contributed by atoms with E-state index in [0.29, 0.717) is 6.04 Å². The quantitative estimate of drug-likeness (QED) is 0.638. The minimum absolute atomic E-state index is 0.0937. The molecule has 1 N–H and O–H groups in total. The highest BCUT2D eigenvalue weighted by Gasteiger charge is 2.22. The number of allylic oxidation sites excluding steroid dienone is 1. The van der Waals surface area contributed by atoms with Crippen molar-refractivity contribution in [3.63, 3.8) is 0 Å². The molecule has 0 radical (unpaired) electrons. The van der Waals surface area contributed by atoms with Crippen molar-refractivity contribution in [3.8, 4) is 0 Å². The zero-order valence-corrected chi connectivity index (χ0v) is 7.89. The van der Waals surface area contributed by atoms with E-state index in [-0.39, 0.29) is 5.91 Å². The van der Waals surface area contributed by atoms with E-state index >= 15 is 0 Å². The summed E-state index contributed by atoms with van der Waals surface area (Å²) in [6.45, 7) is 4.17. The third-order valence-electron chi connectivity index (χ3n) is 2.17. The fourth-order valence-electron chi connectivity index (χ4n) is 1.11. The van der Waals surface area contributed by atoms with E-state index in [0.717, 1.165) is 25.7 Å². The third-order valence-corrected chi connectivity index (χ3v) is 2.17. The SMILES string of the molecule is CCC(=CC(=O)NC1CC1)CC. The average molecular weight is 167 g/mol. The van der Waals surface area contributed by atoms with Crippen molar-refractivity contribution >= 4 is 5.91 Å². The molecule has 2 nitrogen and oxygen atoms in total. The summed E-state index contributed by atoms with van der Waals surface area (Å²) in [6, 6.07) is 0.476. The smallest absolute Gasteiger partial charge is 0.244 e. The van der Waals surface area contributed by atoms with Crippen molar-refractivity contribution < 1.29 is 4.79 Å². The predicted molar refractivity (Wildman–Crippen MR) is 49.8 cm³/mol. The molecule has 1 aliphatic rings. The molecule has 1 saturated carbocycles. The third kappa shape index (κ3) is 3.07. The highest BCUT2D eigenvalue weighted by atomic mass is 16.1. The summed E-state index contributed by atoms with van der Waals surface area (Å²) in [4.78, 5) is 11.2. The number of hydrogen-bond donors (Lipinski definition) is 1. The lowest BCUT2D eigenvalue weighted by Gasteiger charge is -2.01. The van der Waals surface area contributed by atoms with Crippen molar-refractivity contribution in [2.24, 2.45) is 0 Å². The van der Waals surface area contributed by atoms with Crippen LogP contribution in [0.5, 0.6) is 0 Å². The lowest BCUT2D eigenvalue weighted by atomic mass is 10.1. The topological polar surface area (TPSA) is 29.1 Å². The maximum Gasteiger partial charge on any atom is 0.244 e. The maximum absolute atomic E-state index is 11.2. The van der Waals surface area contributed by atoms with Gasteiger partial charge >= 0.3 is 0 Å². The van der Waals surface area contributed by atoms with Crippen LogP contribution in [0.4, 0.5) is 0 Å². The molecule has 0 heterocycles. The first-order valence-corrected chi connectivity index (χ1v) is 4.76. The van der Waals surface area contributed by atoms with Crippen LogP contribution in [-0.2, 0) is 4.79 Å². The Morgan fingerprint density at radius 1 is 1.42 bits per heavy atom. The molecule has 0 saturated heterocycles. The molecule has 0 aromatic carbocycles. The van der Waals surface area contributed by atoms with Gasteiger partial charge in [-0.3, -0.25) is 4.79 Å². The number of hydrogen-bond acceptors (Lipinski definition) is 1. The molecule has 1 rings (SSSR count). The molecule has 0 unspecified atom stereocenters. The molecule has 68 valence electrons. The zero-order valence-electron chi connectivity index (χ0n) is 7.89. The van der Waals surface area contributed by atoms with Crippen LogP contribution < -0.4 is 5.32 Å². The lowest BCUT2D eigenvalue weighted by molar-refractivity contribution is -0.116. The Bertz CT molecular complexity index is 186. The van der Waals surface area contributed by atoms with Crippen LogP contribution in [0.25, 0.3) is 0 Å². The van der Waals surface area contributed by atoms with Crippen molar-refractivity contribution in [2.45, 2.75) is 45.6 Å². The molecule has 0 aliphatic heterocycles. The Balaban J connectivity index is 2.34. The predicted octanol–water partition coefficient (Wildman–Crippen LogP) is 2.01. The first-order valence-electron chi connectivity index (χ1n) is 4.76. The molecule has 2 heteroatoms. The van der Waals surface area contributed by atoms with E-state index in [9.17, 15) is 4.79 Å². The van der Waals surface area contributed by atoms with E-state index in [1.165, 1.54) is 5.57 Å². The molecular formula is C10H17NO. The fraction of sp³-hybridized carbons (Fsp3) is 0.700. The summed E-state index contributed by atoms with van der Waals surface area (Å²) >= 11 is 0. The van der Waals surface area contributed by atoms with Crippen LogP contribution in [0.1, 0.15) is 39.5 Å². The molecule has 1 amide bonds. The molecule has 0 atom stereocenters. The summed E-state index contributed by atoms with van der Waals surface area (Å²) in [7, 11) is 0. The molecular weight excluding hydrogens is 150 g/mol. The number of carbonyl (C=O) groups excluding carboxylic acids is 1. The minimum atomic E-state index is 0.0937. The second-order valence-electron chi connectivity index (χ2n) is 3.29. The average Bonchev–Trinajstić information content (AvgIpc) is 2.84. The Hall–Kier alpha value is -0.790. The van der Waals surface area contributed by atoms with Crippen molar-refractivity contribution in [3.05, 3.63) is 11.6 Å². The lowest BCUT2D eigenvalue weighted by Crippen LogP contribution is -2.23. The van der Waals surface area contributed by atoms with Gasteiger partial charge in [0.05, 0.1) is 0 Å². The van der Waals surface area contributed by atoms with E-state index in [4.69, 9.17) is 0 Å². The largest absolute Gasteiger partial charge is 0.350 e. The summed E-state index contributed by atoms with van der Waals surface area (Å²) in [6.07, 6.45) is 6.03. The van der Waals surface area contributed by atoms with Crippen LogP contribution in [0.15, 0.2) is 11.6 Å². The number of amides is 1. The molecule has 12 heavy (non-hydrogen) atoms. The Labute approximate surface area is 74.0 Å². The van der Waals surface area contributed by atoms with E-state index < -0.39 is 0 Å². The van der Waals surface area contributed by atoms with E-state index in [1.807, 2.05) is 0 Å². The minimum Gasteiger partial charge on any atom is -0.350 e. The summed E-state index contributed by atoms with van der Waals surface area (Å²) in [5.74, 6) is 0.0937. The van der Waals surface area contributed by atoms with Crippen LogP contribution in [0, 0.1) is 0 Å². The van der Waals surface area contributed by atoms with E-state index in [2.05, 4.69) is 19.2 Å².